The van der Waals surface area contributed by atoms with Crippen LogP contribution in [0.2, 0.25) is 0 Å². The number of para-hydroxylation sites is 1. The molecule has 4 N–H and O–H groups in total. The Labute approximate surface area is 216 Å². The number of nitrogens with zero attached hydrogens (tertiary/aromatic N) is 7. The van der Waals surface area contributed by atoms with Crippen molar-refractivity contribution in [3.05, 3.63) is 42.9 Å². The van der Waals surface area contributed by atoms with Crippen LogP contribution in [0.3, 0.4) is 0 Å². The van der Waals surface area contributed by atoms with E-state index >= 15 is 0 Å². The van der Waals surface area contributed by atoms with Crippen LogP contribution in [0.15, 0.2) is 47.3 Å². The molecule has 0 bridgehead atoms. The largest absolute Gasteiger partial charge is 0.454 e. The summed E-state index contributed by atoms with van der Waals surface area (Å²) in [5, 5.41) is 37.0. The average molecular weight is 518 g/mol. The molecule has 0 saturated heterocycles. The summed E-state index contributed by atoms with van der Waals surface area (Å²) in [7, 11) is 3.22. The van der Waals surface area contributed by atoms with Gasteiger partial charge in [-0.05, 0) is 25.0 Å². The minimum absolute atomic E-state index is 0.216. The van der Waals surface area contributed by atoms with Crippen LogP contribution >= 0.6 is 0 Å². The molecule has 1 amide bonds. The smallest absolute Gasteiger partial charge is 0.256 e. The number of rotatable bonds is 5. The molecule has 0 radical (unpaired) electrons. The van der Waals surface area contributed by atoms with Crippen molar-refractivity contribution in [2.75, 3.05) is 19.4 Å². The van der Waals surface area contributed by atoms with E-state index in [9.17, 15) is 15.0 Å². The monoisotopic (exact) mass is 517 g/mol. The summed E-state index contributed by atoms with van der Waals surface area (Å²) in [5.74, 6) is 0.415. The Bertz CT molecular complexity index is 1640. The van der Waals surface area contributed by atoms with Gasteiger partial charge in [-0.2, -0.15) is 14.6 Å². The lowest BCUT2D eigenvalue weighted by Crippen LogP contribution is -2.47. The summed E-state index contributed by atoms with van der Waals surface area (Å²) in [6.07, 6.45) is 0.690. The van der Waals surface area contributed by atoms with Gasteiger partial charge in [0.2, 0.25) is 5.91 Å². The highest BCUT2D eigenvalue weighted by atomic mass is 16.3. The molecule has 13 nitrogen and oxygen atoms in total. The van der Waals surface area contributed by atoms with Gasteiger partial charge in [-0.1, -0.05) is 30.3 Å². The van der Waals surface area contributed by atoms with E-state index in [-0.39, 0.29) is 11.9 Å². The number of carbonyl (C=O) groups is 1. The molecule has 5 aromatic rings. The maximum absolute atomic E-state index is 12.7. The maximum atomic E-state index is 12.7. The van der Waals surface area contributed by atoms with Crippen LogP contribution in [0.4, 0.5) is 5.82 Å². The molecule has 1 saturated carbocycles. The number of benzene rings is 1. The van der Waals surface area contributed by atoms with Crippen molar-refractivity contribution in [1.29, 1.82) is 0 Å². The van der Waals surface area contributed by atoms with Crippen LogP contribution in [0, 0.1) is 11.3 Å². The number of nitrogens with one attached hydrogen (secondary N) is 2. The zero-order chi connectivity index (χ0) is 26.8. The molecular weight excluding hydrogens is 490 g/mol. The molecule has 0 aliphatic heterocycles. The lowest BCUT2D eigenvalue weighted by Gasteiger charge is -2.31. The number of hydrogen-bond donors (Lipinski definition) is 4. The molecular formula is C25H27N9O4. The standard InChI is InChI=1S/C25H27N9O4/c1-12-18(19(35)20(36)25(12,2)23(37)27-4)33-11-28-17-21(26-3)29-24(30-22(17)33)34-10-14(31-32-34)16-9-13-7-5-6-8-15(13)38-16/h5-12,18-20,35-36H,1-4H3,(H,27,37)(H,26,29,30)/t12-,18-,19+,20+,25?/m1/s1. The van der Waals surface area contributed by atoms with E-state index in [1.807, 2.05) is 37.3 Å². The predicted molar refractivity (Wildman–Crippen MR) is 137 cm³/mol. The molecule has 1 aliphatic rings. The number of amides is 1. The van der Waals surface area contributed by atoms with Gasteiger partial charge in [-0.3, -0.25) is 4.79 Å². The van der Waals surface area contributed by atoms with E-state index in [0.29, 0.717) is 28.4 Å². The molecule has 0 spiro atoms. The summed E-state index contributed by atoms with van der Waals surface area (Å²) in [5.41, 5.74) is 0.908. The molecule has 4 heterocycles. The minimum atomic E-state index is -1.29. The predicted octanol–water partition coefficient (Wildman–Crippen LogP) is 1.53. The Kier molecular flexibility index (Phi) is 5.43. The lowest BCUT2D eigenvalue weighted by atomic mass is 9.77. The van der Waals surface area contributed by atoms with E-state index in [1.165, 1.54) is 18.1 Å². The minimum Gasteiger partial charge on any atom is -0.454 e. The fraction of sp³-hybridized carbons (Fsp3) is 0.360. The maximum Gasteiger partial charge on any atom is 0.256 e. The number of fused-ring (bicyclic) bond motifs is 2. The van der Waals surface area contributed by atoms with Gasteiger partial charge in [-0.15, -0.1) is 5.10 Å². The fourth-order valence-corrected chi connectivity index (χ4v) is 5.46. The van der Waals surface area contributed by atoms with E-state index in [0.717, 1.165) is 11.0 Å². The molecule has 6 rings (SSSR count). The Morgan fingerprint density at radius 1 is 1.18 bits per heavy atom. The second kappa shape index (κ2) is 8.60. The summed E-state index contributed by atoms with van der Waals surface area (Å²) >= 11 is 0. The number of aliphatic hydroxyl groups is 2. The van der Waals surface area contributed by atoms with Crippen molar-refractivity contribution in [2.45, 2.75) is 32.1 Å². The first-order chi connectivity index (χ1) is 18.3. The molecule has 196 valence electrons. The van der Waals surface area contributed by atoms with Gasteiger partial charge >= 0.3 is 0 Å². The van der Waals surface area contributed by atoms with E-state index in [2.05, 4.69) is 30.9 Å². The van der Waals surface area contributed by atoms with Crippen LogP contribution < -0.4 is 10.6 Å². The summed E-state index contributed by atoms with van der Waals surface area (Å²) in [4.78, 5) is 26.5. The van der Waals surface area contributed by atoms with Crippen molar-refractivity contribution in [3.8, 4) is 17.4 Å². The number of imidazole rings is 1. The van der Waals surface area contributed by atoms with Crippen LogP contribution in [0.1, 0.15) is 19.9 Å². The molecule has 1 aromatic carbocycles. The zero-order valence-corrected chi connectivity index (χ0v) is 21.2. The van der Waals surface area contributed by atoms with Gasteiger partial charge < -0.3 is 29.8 Å². The van der Waals surface area contributed by atoms with E-state index < -0.39 is 29.6 Å². The van der Waals surface area contributed by atoms with Gasteiger partial charge in [0.05, 0.1) is 30.1 Å². The van der Waals surface area contributed by atoms with Gasteiger partial charge in [0.1, 0.15) is 17.4 Å². The first kappa shape index (κ1) is 24.0. The number of anilines is 1. The highest BCUT2D eigenvalue weighted by Gasteiger charge is 2.60. The zero-order valence-electron chi connectivity index (χ0n) is 21.2. The quantitative estimate of drug-likeness (QED) is 0.268. The molecule has 1 aliphatic carbocycles. The van der Waals surface area contributed by atoms with Crippen LogP contribution in [-0.2, 0) is 4.79 Å². The second-order valence-corrected chi connectivity index (χ2v) is 9.72. The van der Waals surface area contributed by atoms with Crippen LogP contribution in [-0.4, -0.2) is 76.9 Å². The van der Waals surface area contributed by atoms with E-state index in [4.69, 9.17) is 9.40 Å². The molecule has 1 unspecified atom stereocenters. The van der Waals surface area contributed by atoms with Gasteiger partial charge in [-0.25, -0.2) is 4.98 Å². The molecule has 5 atom stereocenters. The van der Waals surface area contributed by atoms with Gasteiger partial charge in [0.25, 0.3) is 5.95 Å². The van der Waals surface area contributed by atoms with Crippen LogP contribution in [0.5, 0.6) is 0 Å². The summed E-state index contributed by atoms with van der Waals surface area (Å²) in [6, 6.07) is 8.88. The van der Waals surface area contributed by atoms with Crippen molar-refractivity contribution in [2.24, 2.45) is 11.3 Å². The average Bonchev–Trinajstić information content (AvgIpc) is 3.71. The number of aromatic nitrogens is 7. The highest BCUT2D eigenvalue weighted by molar-refractivity contribution is 5.85. The third-order valence-corrected chi connectivity index (χ3v) is 7.81. The highest BCUT2D eigenvalue weighted by Crippen LogP contribution is 2.50. The molecule has 13 heteroatoms. The second-order valence-electron chi connectivity index (χ2n) is 9.72. The first-order valence-corrected chi connectivity index (χ1v) is 12.2. The third kappa shape index (κ3) is 3.32. The molecule has 1 fully saturated rings. The van der Waals surface area contributed by atoms with Crippen molar-refractivity contribution < 1.29 is 19.4 Å². The van der Waals surface area contributed by atoms with Crippen molar-refractivity contribution >= 4 is 33.9 Å². The third-order valence-electron chi connectivity index (χ3n) is 7.81. The molecule has 38 heavy (non-hydrogen) atoms. The van der Waals surface area contributed by atoms with Gasteiger partial charge in [0, 0.05) is 19.5 Å². The lowest BCUT2D eigenvalue weighted by molar-refractivity contribution is -0.139. The van der Waals surface area contributed by atoms with Crippen molar-refractivity contribution in [1.82, 2.24) is 39.8 Å². The van der Waals surface area contributed by atoms with E-state index in [1.54, 1.807) is 24.7 Å². The van der Waals surface area contributed by atoms with Crippen LogP contribution in [0.25, 0.3) is 39.5 Å². The fourth-order valence-electron chi connectivity index (χ4n) is 5.46. The Hall–Kier alpha value is -4.36. The number of furan rings is 1. The Morgan fingerprint density at radius 2 is 1.97 bits per heavy atom. The number of carbonyl (C=O) groups excluding carboxylic acids is 1. The SMILES string of the molecule is CNC(=O)C1(C)[C@H](C)[C@@H](n2cnc3c(NC)nc(-n4cc(-c5cc6ccccc6o5)nn4)nc32)[C@H](O)[C@@H]1O. The topological polar surface area (TPSA) is 169 Å². The van der Waals surface area contributed by atoms with Crippen molar-refractivity contribution in [3.63, 3.8) is 0 Å². The van der Waals surface area contributed by atoms with Gasteiger partial charge in [0.15, 0.2) is 22.7 Å². The number of aliphatic hydroxyl groups excluding tert-OH is 2. The summed E-state index contributed by atoms with van der Waals surface area (Å²) < 4.78 is 9.02. The Morgan fingerprint density at radius 3 is 2.71 bits per heavy atom. The number of hydrogen-bond acceptors (Lipinski definition) is 10. The normalized spacial score (nSPS) is 25.3. The molecule has 4 aromatic heterocycles. The first-order valence-electron chi connectivity index (χ1n) is 12.2. The summed E-state index contributed by atoms with van der Waals surface area (Å²) in [6.45, 7) is 3.47. The Balaban J connectivity index is 1.43.